The second-order valence-corrected chi connectivity index (χ2v) is 8.09. The molecule has 0 saturated carbocycles. The van der Waals surface area contributed by atoms with E-state index < -0.39 is 10.0 Å². The molecule has 0 atom stereocenters. The lowest BCUT2D eigenvalue weighted by molar-refractivity contribution is 0.586. The summed E-state index contributed by atoms with van der Waals surface area (Å²) >= 11 is 0. The molecule has 2 aromatic carbocycles. The molecule has 1 aromatic heterocycles. The summed E-state index contributed by atoms with van der Waals surface area (Å²) in [6, 6.07) is 12.3. The van der Waals surface area contributed by atoms with E-state index in [0.717, 1.165) is 18.4 Å². The minimum atomic E-state index is -3.67. The van der Waals surface area contributed by atoms with Crippen molar-refractivity contribution >= 4 is 26.7 Å². The average molecular weight is 355 g/mol. The van der Waals surface area contributed by atoms with Gasteiger partial charge in [0.15, 0.2) is 0 Å². The maximum Gasteiger partial charge on any atom is 0.261 e. The molecule has 0 saturated heterocycles. The zero-order chi connectivity index (χ0) is 17.9. The molecule has 3 rings (SSSR count). The minimum absolute atomic E-state index is 0.238. The molecule has 6 heteroatoms. The van der Waals surface area contributed by atoms with Gasteiger partial charge in [0.2, 0.25) is 0 Å². The smallest absolute Gasteiger partial charge is 0.261 e. The molecule has 0 aliphatic heterocycles. The molecule has 25 heavy (non-hydrogen) atoms. The van der Waals surface area contributed by atoms with Crippen molar-refractivity contribution < 1.29 is 8.42 Å². The molecule has 5 nitrogen and oxygen atoms in total. The zero-order valence-electron chi connectivity index (χ0n) is 14.3. The van der Waals surface area contributed by atoms with E-state index in [1.54, 1.807) is 42.7 Å². The Morgan fingerprint density at radius 1 is 1.00 bits per heavy atom. The van der Waals surface area contributed by atoms with Crippen LogP contribution in [0.2, 0.25) is 0 Å². The fourth-order valence-corrected chi connectivity index (χ4v) is 3.64. The topological polar surface area (TPSA) is 72.0 Å². The molecule has 0 aliphatic rings. The fraction of sp³-hybridized carbons (Fsp3) is 0.263. The monoisotopic (exact) mass is 355 g/mol. The first-order valence-electron chi connectivity index (χ1n) is 8.27. The Morgan fingerprint density at radius 2 is 1.72 bits per heavy atom. The van der Waals surface area contributed by atoms with E-state index in [2.05, 4.69) is 28.5 Å². The summed E-state index contributed by atoms with van der Waals surface area (Å²) in [5, 5.41) is 0. The van der Waals surface area contributed by atoms with E-state index in [1.165, 1.54) is 0 Å². The largest absolute Gasteiger partial charge is 0.277 e. The van der Waals surface area contributed by atoms with Crippen molar-refractivity contribution in [2.75, 3.05) is 4.72 Å². The van der Waals surface area contributed by atoms with Gasteiger partial charge in [-0.1, -0.05) is 32.0 Å². The first-order chi connectivity index (χ1) is 12.0. The quantitative estimate of drug-likeness (QED) is 0.725. The molecular weight excluding hydrogens is 334 g/mol. The van der Waals surface area contributed by atoms with E-state index >= 15 is 0 Å². The van der Waals surface area contributed by atoms with Crippen LogP contribution in [0.1, 0.15) is 25.8 Å². The van der Waals surface area contributed by atoms with Crippen LogP contribution in [0, 0.1) is 5.92 Å². The summed E-state index contributed by atoms with van der Waals surface area (Å²) in [5.74, 6) is 0.623. The molecule has 0 unspecified atom stereocenters. The van der Waals surface area contributed by atoms with Gasteiger partial charge in [-0.3, -0.25) is 14.7 Å². The second-order valence-electron chi connectivity index (χ2n) is 6.41. The number of anilines is 1. The number of nitrogens with one attached hydrogen (secondary N) is 1. The van der Waals surface area contributed by atoms with Gasteiger partial charge in [-0.2, -0.15) is 0 Å². The Kier molecular flexibility index (Phi) is 4.99. The number of rotatable bonds is 6. The van der Waals surface area contributed by atoms with Gasteiger partial charge >= 0.3 is 0 Å². The first kappa shape index (κ1) is 17.4. The fourth-order valence-electron chi connectivity index (χ4n) is 2.57. The Labute approximate surface area is 148 Å². The predicted molar refractivity (Wildman–Crippen MR) is 99.9 cm³/mol. The second kappa shape index (κ2) is 7.19. The lowest BCUT2D eigenvalue weighted by Gasteiger charge is -2.10. The molecule has 0 bridgehead atoms. The van der Waals surface area contributed by atoms with Gasteiger partial charge in [0, 0.05) is 12.4 Å². The van der Waals surface area contributed by atoms with E-state index in [9.17, 15) is 8.42 Å². The number of benzene rings is 2. The van der Waals surface area contributed by atoms with Gasteiger partial charge in [-0.05, 0) is 48.6 Å². The van der Waals surface area contributed by atoms with Crippen molar-refractivity contribution in [2.45, 2.75) is 31.6 Å². The summed E-state index contributed by atoms with van der Waals surface area (Å²) in [6.45, 7) is 4.35. The van der Waals surface area contributed by atoms with Crippen molar-refractivity contribution in [2.24, 2.45) is 5.92 Å². The van der Waals surface area contributed by atoms with Gasteiger partial charge in [-0.15, -0.1) is 0 Å². The first-order valence-corrected chi connectivity index (χ1v) is 9.75. The summed E-state index contributed by atoms with van der Waals surface area (Å²) in [5.41, 5.74) is 2.74. The highest BCUT2D eigenvalue weighted by Crippen LogP contribution is 2.23. The number of sulfonamides is 1. The predicted octanol–water partition coefficient (Wildman–Crippen LogP) is 4.02. The number of hydrogen-bond donors (Lipinski definition) is 1. The van der Waals surface area contributed by atoms with Crippen LogP contribution in [0.5, 0.6) is 0 Å². The summed E-state index contributed by atoms with van der Waals surface area (Å²) in [6.07, 6.45) is 5.16. The lowest BCUT2D eigenvalue weighted by atomic mass is 10.0. The minimum Gasteiger partial charge on any atom is -0.277 e. The van der Waals surface area contributed by atoms with Crippen LogP contribution in [0.4, 0.5) is 5.69 Å². The van der Waals surface area contributed by atoms with Gasteiger partial charge in [0.25, 0.3) is 10.0 Å². The van der Waals surface area contributed by atoms with Crippen molar-refractivity contribution in [3.63, 3.8) is 0 Å². The number of aromatic nitrogens is 2. The molecule has 0 amide bonds. The third kappa shape index (κ3) is 4.14. The van der Waals surface area contributed by atoms with Crippen LogP contribution >= 0.6 is 0 Å². The Morgan fingerprint density at radius 3 is 2.44 bits per heavy atom. The van der Waals surface area contributed by atoms with Crippen LogP contribution in [0.25, 0.3) is 11.0 Å². The SMILES string of the molecule is CC(C)CCc1ccc(S(=O)(=O)Nc2cccc3nccnc23)cc1. The molecular formula is C19H21N3O2S. The van der Waals surface area contributed by atoms with E-state index in [1.807, 2.05) is 12.1 Å². The Balaban J connectivity index is 1.84. The van der Waals surface area contributed by atoms with Crippen LogP contribution in [0.3, 0.4) is 0 Å². The molecule has 0 fully saturated rings. The number of para-hydroxylation sites is 1. The van der Waals surface area contributed by atoms with Crippen molar-refractivity contribution in [3.8, 4) is 0 Å². The number of aryl methyl sites for hydroxylation is 1. The lowest BCUT2D eigenvalue weighted by Crippen LogP contribution is -2.13. The van der Waals surface area contributed by atoms with Crippen LogP contribution in [-0.4, -0.2) is 18.4 Å². The highest BCUT2D eigenvalue weighted by Gasteiger charge is 2.16. The average Bonchev–Trinajstić information content (AvgIpc) is 2.60. The van der Waals surface area contributed by atoms with E-state index in [0.29, 0.717) is 22.6 Å². The number of fused-ring (bicyclic) bond motifs is 1. The van der Waals surface area contributed by atoms with E-state index in [-0.39, 0.29) is 4.90 Å². The zero-order valence-corrected chi connectivity index (χ0v) is 15.1. The van der Waals surface area contributed by atoms with Crippen LogP contribution in [-0.2, 0) is 16.4 Å². The highest BCUT2D eigenvalue weighted by molar-refractivity contribution is 7.92. The number of nitrogens with zero attached hydrogens (tertiary/aromatic N) is 2. The highest BCUT2D eigenvalue weighted by atomic mass is 32.2. The molecule has 0 aliphatic carbocycles. The normalized spacial score (nSPS) is 11.8. The number of hydrogen-bond acceptors (Lipinski definition) is 4. The maximum atomic E-state index is 12.7. The van der Waals surface area contributed by atoms with Gasteiger partial charge < -0.3 is 0 Å². The van der Waals surface area contributed by atoms with E-state index in [4.69, 9.17) is 0 Å². The molecule has 1 heterocycles. The van der Waals surface area contributed by atoms with Gasteiger partial charge in [0.05, 0.1) is 16.1 Å². The van der Waals surface area contributed by atoms with Crippen molar-refractivity contribution in [1.29, 1.82) is 0 Å². The van der Waals surface area contributed by atoms with Gasteiger partial charge in [-0.25, -0.2) is 8.42 Å². The maximum absolute atomic E-state index is 12.7. The molecule has 1 N–H and O–H groups in total. The Bertz CT molecular complexity index is 962. The summed E-state index contributed by atoms with van der Waals surface area (Å²) in [7, 11) is -3.67. The standard InChI is InChI=1S/C19H21N3O2S/c1-14(2)6-7-15-8-10-16(11-9-15)25(23,24)22-18-5-3-4-17-19(18)21-13-12-20-17/h3-5,8-14,22H,6-7H2,1-2H3. The van der Waals surface area contributed by atoms with Crippen molar-refractivity contribution in [3.05, 3.63) is 60.4 Å². The summed E-state index contributed by atoms with van der Waals surface area (Å²) in [4.78, 5) is 8.66. The molecule has 130 valence electrons. The molecule has 3 aromatic rings. The van der Waals surface area contributed by atoms with Crippen LogP contribution in [0.15, 0.2) is 59.8 Å². The van der Waals surface area contributed by atoms with Gasteiger partial charge in [0.1, 0.15) is 5.52 Å². The third-order valence-electron chi connectivity index (χ3n) is 3.99. The molecule has 0 radical (unpaired) electrons. The van der Waals surface area contributed by atoms with Crippen LogP contribution < -0.4 is 4.72 Å². The Hall–Kier alpha value is -2.47. The molecule has 0 spiro atoms. The third-order valence-corrected chi connectivity index (χ3v) is 5.37. The van der Waals surface area contributed by atoms with Crippen molar-refractivity contribution in [1.82, 2.24) is 9.97 Å². The summed E-state index contributed by atoms with van der Waals surface area (Å²) < 4.78 is 27.9.